The lowest BCUT2D eigenvalue weighted by Crippen LogP contribution is -2.39. The summed E-state index contributed by atoms with van der Waals surface area (Å²) in [6, 6.07) is 7.28. The van der Waals surface area contributed by atoms with Crippen LogP contribution in [0.2, 0.25) is 0 Å². The van der Waals surface area contributed by atoms with E-state index in [1.807, 2.05) is 24.1 Å². The predicted octanol–water partition coefficient (Wildman–Crippen LogP) is 2.34. The first kappa shape index (κ1) is 18.9. The molecule has 1 N–H and O–H groups in total. The van der Waals surface area contributed by atoms with Crippen molar-refractivity contribution in [2.75, 3.05) is 32.4 Å². The zero-order valence-electron chi connectivity index (χ0n) is 15.1. The summed E-state index contributed by atoms with van der Waals surface area (Å²) in [5.41, 5.74) is 1.44. The molecule has 0 saturated carbocycles. The van der Waals surface area contributed by atoms with Gasteiger partial charge in [0.2, 0.25) is 5.91 Å². The molecule has 7 heteroatoms. The highest BCUT2D eigenvalue weighted by Crippen LogP contribution is 2.23. The predicted molar refractivity (Wildman–Crippen MR) is 102 cm³/mol. The molecule has 1 aromatic carbocycles. The van der Waals surface area contributed by atoms with Crippen molar-refractivity contribution in [2.45, 2.75) is 25.8 Å². The number of carbonyl (C=O) groups excluding carboxylic acids is 3. The van der Waals surface area contributed by atoms with Gasteiger partial charge in [-0.05, 0) is 56.5 Å². The number of imide groups is 1. The average Bonchev–Trinajstić information content (AvgIpc) is 2.98. The number of likely N-dealkylation sites (tertiary alicyclic amines) is 1. The van der Waals surface area contributed by atoms with Crippen LogP contribution in [0.1, 0.15) is 35.2 Å². The maximum Gasteiger partial charge on any atom is 0.289 e. The van der Waals surface area contributed by atoms with Gasteiger partial charge < -0.3 is 10.2 Å². The van der Waals surface area contributed by atoms with Crippen LogP contribution >= 0.6 is 11.8 Å². The lowest BCUT2D eigenvalue weighted by atomic mass is 9.93. The molecule has 0 radical (unpaired) electrons. The molecule has 6 nitrogen and oxygen atoms in total. The molecular formula is C19H25N3O3S. The van der Waals surface area contributed by atoms with Crippen LogP contribution < -0.4 is 5.32 Å². The summed E-state index contributed by atoms with van der Waals surface area (Å²) in [5, 5.41) is 2.97. The van der Waals surface area contributed by atoms with Crippen molar-refractivity contribution in [2.24, 2.45) is 5.92 Å². The Morgan fingerprint density at radius 2 is 2.04 bits per heavy atom. The van der Waals surface area contributed by atoms with E-state index >= 15 is 0 Å². The highest BCUT2D eigenvalue weighted by atomic mass is 32.2. The van der Waals surface area contributed by atoms with Gasteiger partial charge in [-0.1, -0.05) is 23.9 Å². The number of rotatable bonds is 6. The van der Waals surface area contributed by atoms with Crippen molar-refractivity contribution in [3.05, 3.63) is 35.4 Å². The molecule has 0 atom stereocenters. The fourth-order valence-electron chi connectivity index (χ4n) is 3.47. The summed E-state index contributed by atoms with van der Waals surface area (Å²) in [7, 11) is 1.97. The summed E-state index contributed by atoms with van der Waals surface area (Å²) in [4.78, 5) is 39.5. The molecule has 0 spiro atoms. The van der Waals surface area contributed by atoms with Crippen LogP contribution in [0.4, 0.5) is 4.79 Å². The molecule has 2 fully saturated rings. The molecule has 26 heavy (non-hydrogen) atoms. The Morgan fingerprint density at radius 1 is 1.27 bits per heavy atom. The van der Waals surface area contributed by atoms with Crippen molar-refractivity contribution in [1.82, 2.24) is 15.1 Å². The van der Waals surface area contributed by atoms with E-state index in [1.54, 1.807) is 12.1 Å². The standard InChI is InChI=1S/C19H25N3O3S/c1-20-8-5-14-6-9-21(10-7-14)18(24)16-4-2-3-15(11-16)12-22-17(23)13-26-19(22)25/h2-4,11,14,20H,5-10,12-13H2,1H3. The Labute approximate surface area is 158 Å². The summed E-state index contributed by atoms with van der Waals surface area (Å²) < 4.78 is 0. The maximum absolute atomic E-state index is 12.8. The fraction of sp³-hybridized carbons (Fsp3) is 0.526. The molecule has 3 rings (SSSR count). The third-order valence-electron chi connectivity index (χ3n) is 5.06. The minimum Gasteiger partial charge on any atom is -0.339 e. The second kappa shape index (κ2) is 8.68. The topological polar surface area (TPSA) is 69.7 Å². The molecule has 0 bridgehead atoms. The first-order valence-electron chi connectivity index (χ1n) is 9.08. The number of thioether (sulfide) groups is 1. The Bertz CT molecular complexity index is 670. The second-order valence-corrected chi connectivity index (χ2v) is 7.79. The molecule has 2 aliphatic heterocycles. The van der Waals surface area contributed by atoms with Crippen LogP contribution in [0.3, 0.4) is 0 Å². The van der Waals surface area contributed by atoms with Gasteiger partial charge in [0.05, 0.1) is 12.3 Å². The van der Waals surface area contributed by atoms with Crippen molar-refractivity contribution in [1.29, 1.82) is 0 Å². The summed E-state index contributed by atoms with van der Waals surface area (Å²) in [6.07, 6.45) is 3.24. The molecule has 0 aliphatic carbocycles. The molecular weight excluding hydrogens is 350 g/mol. The SMILES string of the molecule is CNCCC1CCN(C(=O)c2cccc(CN3C(=O)CSC3=O)c2)CC1. The van der Waals surface area contributed by atoms with E-state index in [9.17, 15) is 14.4 Å². The summed E-state index contributed by atoms with van der Waals surface area (Å²) in [6.45, 7) is 2.83. The highest BCUT2D eigenvalue weighted by Gasteiger charge is 2.30. The number of hydrogen-bond donors (Lipinski definition) is 1. The Kier molecular flexibility index (Phi) is 6.32. The van der Waals surface area contributed by atoms with Crippen molar-refractivity contribution in [3.63, 3.8) is 0 Å². The van der Waals surface area contributed by atoms with Gasteiger partial charge >= 0.3 is 0 Å². The van der Waals surface area contributed by atoms with E-state index in [4.69, 9.17) is 0 Å². The number of amides is 3. The Morgan fingerprint density at radius 3 is 2.69 bits per heavy atom. The molecule has 0 unspecified atom stereocenters. The van der Waals surface area contributed by atoms with Crippen LogP contribution in [-0.2, 0) is 11.3 Å². The van der Waals surface area contributed by atoms with Crippen LogP contribution in [0.5, 0.6) is 0 Å². The first-order valence-corrected chi connectivity index (χ1v) is 10.1. The highest BCUT2D eigenvalue weighted by molar-refractivity contribution is 8.14. The smallest absolute Gasteiger partial charge is 0.289 e. The lowest BCUT2D eigenvalue weighted by molar-refractivity contribution is -0.125. The molecule has 1 aromatic rings. The van der Waals surface area contributed by atoms with Crippen molar-refractivity contribution in [3.8, 4) is 0 Å². The number of carbonyl (C=O) groups is 3. The lowest BCUT2D eigenvalue weighted by Gasteiger charge is -2.32. The van der Waals surface area contributed by atoms with Crippen LogP contribution in [0.15, 0.2) is 24.3 Å². The molecule has 2 aliphatic rings. The molecule has 3 amide bonds. The third-order valence-corrected chi connectivity index (χ3v) is 5.92. The normalized spacial score (nSPS) is 18.7. The largest absolute Gasteiger partial charge is 0.339 e. The summed E-state index contributed by atoms with van der Waals surface area (Å²) >= 11 is 1.03. The van der Waals surface area contributed by atoms with Gasteiger partial charge in [0.25, 0.3) is 11.1 Å². The van der Waals surface area contributed by atoms with Gasteiger partial charge in [-0.15, -0.1) is 0 Å². The zero-order valence-corrected chi connectivity index (χ0v) is 15.9. The number of hydrogen-bond acceptors (Lipinski definition) is 5. The van der Waals surface area contributed by atoms with Crippen LogP contribution in [0.25, 0.3) is 0 Å². The van der Waals surface area contributed by atoms with E-state index in [0.717, 1.165) is 56.2 Å². The van der Waals surface area contributed by atoms with E-state index < -0.39 is 0 Å². The van der Waals surface area contributed by atoms with Crippen molar-refractivity contribution >= 4 is 28.8 Å². The number of piperidine rings is 1. The monoisotopic (exact) mass is 375 g/mol. The quantitative estimate of drug-likeness (QED) is 0.826. The van der Waals surface area contributed by atoms with E-state index in [0.29, 0.717) is 11.5 Å². The minimum atomic E-state index is -0.213. The second-order valence-electron chi connectivity index (χ2n) is 6.86. The first-order chi connectivity index (χ1) is 12.6. The van der Waals surface area contributed by atoms with E-state index in [-0.39, 0.29) is 29.4 Å². The third kappa shape index (κ3) is 4.45. The van der Waals surface area contributed by atoms with E-state index in [2.05, 4.69) is 5.32 Å². The Hall–Kier alpha value is -1.86. The zero-order chi connectivity index (χ0) is 18.5. The maximum atomic E-state index is 12.8. The van der Waals surface area contributed by atoms with E-state index in [1.165, 1.54) is 4.90 Å². The number of nitrogens with one attached hydrogen (secondary N) is 1. The van der Waals surface area contributed by atoms with Crippen LogP contribution in [-0.4, -0.2) is 59.3 Å². The van der Waals surface area contributed by atoms with Gasteiger partial charge in [-0.3, -0.25) is 19.3 Å². The minimum absolute atomic E-state index is 0.0346. The fourth-order valence-corrected chi connectivity index (χ4v) is 4.20. The summed E-state index contributed by atoms with van der Waals surface area (Å²) in [5.74, 6) is 0.759. The van der Waals surface area contributed by atoms with Gasteiger partial charge in [0, 0.05) is 18.7 Å². The Balaban J connectivity index is 1.60. The molecule has 140 valence electrons. The van der Waals surface area contributed by atoms with Gasteiger partial charge in [0.15, 0.2) is 0 Å². The molecule has 0 aromatic heterocycles. The molecule has 2 saturated heterocycles. The average molecular weight is 375 g/mol. The number of nitrogens with zero attached hydrogens (tertiary/aromatic N) is 2. The van der Waals surface area contributed by atoms with Crippen molar-refractivity contribution < 1.29 is 14.4 Å². The number of benzene rings is 1. The van der Waals surface area contributed by atoms with Gasteiger partial charge in [-0.25, -0.2) is 0 Å². The van der Waals surface area contributed by atoms with Gasteiger partial charge in [-0.2, -0.15) is 0 Å². The van der Waals surface area contributed by atoms with Crippen LogP contribution in [0, 0.1) is 5.92 Å². The van der Waals surface area contributed by atoms with Gasteiger partial charge in [0.1, 0.15) is 0 Å². The molecule has 2 heterocycles.